The van der Waals surface area contributed by atoms with Gasteiger partial charge in [0.1, 0.15) is 5.52 Å². The van der Waals surface area contributed by atoms with Gasteiger partial charge in [-0.1, -0.05) is 6.92 Å². The highest BCUT2D eigenvalue weighted by Crippen LogP contribution is 2.29. The molecule has 0 spiro atoms. The first-order chi connectivity index (χ1) is 8.65. The van der Waals surface area contributed by atoms with E-state index < -0.39 is 11.8 Å². The fourth-order valence-electron chi connectivity index (χ4n) is 1.52. The van der Waals surface area contributed by atoms with Crippen molar-refractivity contribution >= 4 is 16.9 Å². The van der Waals surface area contributed by atoms with Crippen LogP contribution >= 0.6 is 0 Å². The zero-order valence-corrected chi connectivity index (χ0v) is 10.1. The Morgan fingerprint density at radius 2 is 2.06 bits per heavy atom. The molecule has 5 heteroatoms. The van der Waals surface area contributed by atoms with Gasteiger partial charge in [0, 0.05) is 17.9 Å². The molecule has 1 aromatic heterocycles. The SMILES string of the molecule is CCC(=O)Oc1c(F)ccc2ccc(OC)nc12. The summed E-state index contributed by atoms with van der Waals surface area (Å²) < 4.78 is 23.6. The summed E-state index contributed by atoms with van der Waals surface area (Å²) in [4.78, 5) is 15.4. The maximum absolute atomic E-state index is 13.7. The van der Waals surface area contributed by atoms with Gasteiger partial charge >= 0.3 is 5.97 Å². The highest BCUT2D eigenvalue weighted by molar-refractivity contribution is 5.87. The van der Waals surface area contributed by atoms with Crippen molar-refractivity contribution < 1.29 is 18.7 Å². The van der Waals surface area contributed by atoms with Crippen LogP contribution in [0.5, 0.6) is 11.6 Å². The Hall–Kier alpha value is -2.17. The summed E-state index contributed by atoms with van der Waals surface area (Å²) in [5.74, 6) is -0.948. The number of rotatable bonds is 3. The summed E-state index contributed by atoms with van der Waals surface area (Å²) in [6.45, 7) is 1.64. The van der Waals surface area contributed by atoms with Crippen LogP contribution in [0, 0.1) is 5.82 Å². The second-order valence-corrected chi connectivity index (χ2v) is 3.63. The molecule has 94 valence electrons. The quantitative estimate of drug-likeness (QED) is 0.620. The molecule has 1 aromatic carbocycles. The Kier molecular flexibility index (Phi) is 3.41. The van der Waals surface area contributed by atoms with Crippen molar-refractivity contribution in [2.24, 2.45) is 0 Å². The lowest BCUT2D eigenvalue weighted by Crippen LogP contribution is -2.08. The summed E-state index contributed by atoms with van der Waals surface area (Å²) in [5.41, 5.74) is 0.274. The Balaban J connectivity index is 2.60. The van der Waals surface area contributed by atoms with Gasteiger partial charge in [-0.2, -0.15) is 0 Å². The van der Waals surface area contributed by atoms with Crippen LogP contribution < -0.4 is 9.47 Å². The number of aromatic nitrogens is 1. The van der Waals surface area contributed by atoms with Crippen molar-refractivity contribution in [3.8, 4) is 11.6 Å². The minimum Gasteiger partial charge on any atom is -0.481 e. The van der Waals surface area contributed by atoms with E-state index in [9.17, 15) is 9.18 Å². The van der Waals surface area contributed by atoms with Gasteiger partial charge in [-0.15, -0.1) is 0 Å². The molecule has 0 fully saturated rings. The van der Waals surface area contributed by atoms with E-state index in [1.54, 1.807) is 25.1 Å². The molecule has 0 unspecified atom stereocenters. The summed E-state index contributed by atoms with van der Waals surface area (Å²) >= 11 is 0. The van der Waals surface area contributed by atoms with Crippen LogP contribution in [0.3, 0.4) is 0 Å². The molecule has 18 heavy (non-hydrogen) atoms. The largest absolute Gasteiger partial charge is 0.481 e. The first kappa shape index (κ1) is 12.3. The third kappa shape index (κ3) is 2.25. The van der Waals surface area contributed by atoms with Crippen molar-refractivity contribution in [3.63, 3.8) is 0 Å². The van der Waals surface area contributed by atoms with Crippen LogP contribution in [0.15, 0.2) is 24.3 Å². The number of ether oxygens (including phenoxy) is 2. The minimum atomic E-state index is -0.620. The van der Waals surface area contributed by atoms with E-state index in [2.05, 4.69) is 4.98 Å². The van der Waals surface area contributed by atoms with Gasteiger partial charge in [0.25, 0.3) is 0 Å². The van der Waals surface area contributed by atoms with E-state index in [1.165, 1.54) is 13.2 Å². The van der Waals surface area contributed by atoms with Crippen LogP contribution in [-0.4, -0.2) is 18.1 Å². The second kappa shape index (κ2) is 5.00. The van der Waals surface area contributed by atoms with Crippen molar-refractivity contribution in [3.05, 3.63) is 30.1 Å². The number of carbonyl (C=O) groups excluding carboxylic acids is 1. The van der Waals surface area contributed by atoms with Gasteiger partial charge in [-0.25, -0.2) is 9.37 Å². The van der Waals surface area contributed by atoms with Gasteiger partial charge in [0.15, 0.2) is 11.6 Å². The van der Waals surface area contributed by atoms with Crippen molar-refractivity contribution in [1.82, 2.24) is 4.98 Å². The maximum Gasteiger partial charge on any atom is 0.311 e. The topological polar surface area (TPSA) is 48.4 Å². The normalized spacial score (nSPS) is 10.4. The Morgan fingerprint density at radius 3 is 2.72 bits per heavy atom. The monoisotopic (exact) mass is 249 g/mol. The number of carbonyl (C=O) groups is 1. The lowest BCUT2D eigenvalue weighted by molar-refractivity contribution is -0.134. The molecule has 4 nitrogen and oxygen atoms in total. The molecular weight excluding hydrogens is 237 g/mol. The van der Waals surface area contributed by atoms with E-state index in [4.69, 9.17) is 9.47 Å². The summed E-state index contributed by atoms with van der Waals surface area (Å²) in [6.07, 6.45) is 0.166. The Morgan fingerprint density at radius 1 is 1.33 bits per heavy atom. The first-order valence-corrected chi connectivity index (χ1v) is 5.49. The second-order valence-electron chi connectivity index (χ2n) is 3.63. The zero-order chi connectivity index (χ0) is 13.1. The number of fused-ring (bicyclic) bond motifs is 1. The molecule has 0 radical (unpaired) electrons. The highest BCUT2D eigenvalue weighted by atomic mass is 19.1. The zero-order valence-electron chi connectivity index (χ0n) is 10.1. The average molecular weight is 249 g/mol. The van der Waals surface area contributed by atoms with E-state index >= 15 is 0 Å². The van der Waals surface area contributed by atoms with E-state index in [0.717, 1.165) is 0 Å². The Labute approximate surface area is 103 Å². The van der Waals surface area contributed by atoms with Gasteiger partial charge in [-0.05, 0) is 18.2 Å². The third-order valence-corrected chi connectivity index (χ3v) is 2.46. The van der Waals surface area contributed by atoms with E-state index in [0.29, 0.717) is 11.3 Å². The molecule has 2 rings (SSSR count). The van der Waals surface area contributed by atoms with Crippen LogP contribution in [0.4, 0.5) is 4.39 Å². The Bertz CT molecular complexity index is 598. The van der Waals surface area contributed by atoms with Gasteiger partial charge < -0.3 is 9.47 Å². The molecule has 2 aromatic rings. The van der Waals surface area contributed by atoms with Gasteiger partial charge in [-0.3, -0.25) is 4.79 Å². The van der Waals surface area contributed by atoms with Crippen molar-refractivity contribution in [2.75, 3.05) is 7.11 Å². The van der Waals surface area contributed by atoms with Gasteiger partial charge in [0.2, 0.25) is 5.88 Å². The number of hydrogen-bond acceptors (Lipinski definition) is 4. The van der Waals surface area contributed by atoms with E-state index in [-0.39, 0.29) is 17.7 Å². The lowest BCUT2D eigenvalue weighted by atomic mass is 10.2. The predicted molar refractivity (Wildman–Crippen MR) is 64.2 cm³/mol. The van der Waals surface area contributed by atoms with Crippen molar-refractivity contribution in [1.29, 1.82) is 0 Å². The average Bonchev–Trinajstić information content (AvgIpc) is 2.41. The number of pyridine rings is 1. The molecule has 1 heterocycles. The molecular formula is C13H12FNO3. The fraction of sp³-hybridized carbons (Fsp3) is 0.231. The standard InChI is InChI=1S/C13H12FNO3/c1-3-11(16)18-13-9(14)6-4-8-5-7-10(17-2)15-12(8)13/h4-7H,3H2,1-2H3. The molecule has 0 aliphatic rings. The van der Waals surface area contributed by atoms with Crippen LogP contribution in [-0.2, 0) is 4.79 Å². The van der Waals surface area contributed by atoms with Crippen molar-refractivity contribution in [2.45, 2.75) is 13.3 Å². The third-order valence-electron chi connectivity index (χ3n) is 2.46. The molecule has 0 amide bonds. The molecule has 0 saturated heterocycles. The molecule has 0 saturated carbocycles. The van der Waals surface area contributed by atoms with Crippen LogP contribution in [0.25, 0.3) is 10.9 Å². The molecule has 0 aliphatic heterocycles. The smallest absolute Gasteiger partial charge is 0.311 e. The highest BCUT2D eigenvalue weighted by Gasteiger charge is 2.14. The predicted octanol–water partition coefficient (Wildman–Crippen LogP) is 2.70. The number of benzene rings is 1. The van der Waals surface area contributed by atoms with Crippen LogP contribution in [0.2, 0.25) is 0 Å². The van der Waals surface area contributed by atoms with Crippen LogP contribution in [0.1, 0.15) is 13.3 Å². The molecule has 0 N–H and O–H groups in total. The summed E-state index contributed by atoms with van der Waals surface area (Å²) in [5, 5.41) is 0.677. The number of halogens is 1. The number of nitrogens with zero attached hydrogens (tertiary/aromatic N) is 1. The number of esters is 1. The number of hydrogen-bond donors (Lipinski definition) is 0. The number of methoxy groups -OCH3 is 1. The van der Waals surface area contributed by atoms with E-state index in [1.807, 2.05) is 0 Å². The fourth-order valence-corrected chi connectivity index (χ4v) is 1.52. The minimum absolute atomic E-state index is 0.154. The van der Waals surface area contributed by atoms with Gasteiger partial charge in [0.05, 0.1) is 7.11 Å². The summed E-state index contributed by atoms with van der Waals surface area (Å²) in [6, 6.07) is 6.20. The lowest BCUT2D eigenvalue weighted by Gasteiger charge is -2.08. The molecule has 0 aliphatic carbocycles. The summed E-state index contributed by atoms with van der Waals surface area (Å²) in [7, 11) is 1.46. The first-order valence-electron chi connectivity index (χ1n) is 5.49. The molecule has 0 bridgehead atoms. The molecule has 0 atom stereocenters. The maximum atomic E-state index is 13.7.